The minimum Gasteiger partial charge on any atom is -0.380 e. The quantitative estimate of drug-likeness (QED) is 0.625. The third-order valence-electron chi connectivity index (χ3n) is 2.27. The average molecular weight is 159 g/mol. The van der Waals surface area contributed by atoms with E-state index < -0.39 is 0 Å². The highest BCUT2D eigenvalue weighted by atomic mass is 16.6. The number of methoxy groups -OCH3 is 1. The van der Waals surface area contributed by atoms with Crippen molar-refractivity contribution >= 4 is 0 Å². The molecule has 11 heavy (non-hydrogen) atoms. The second-order valence-electron chi connectivity index (χ2n) is 2.99. The summed E-state index contributed by atoms with van der Waals surface area (Å²) in [6.45, 7) is 0. The summed E-state index contributed by atoms with van der Waals surface area (Å²) in [6.07, 6.45) is 5.20. The van der Waals surface area contributed by atoms with Crippen molar-refractivity contribution in [1.29, 1.82) is 0 Å². The Morgan fingerprint density at radius 3 is 2.55 bits per heavy atom. The minimum atomic E-state index is 0.337. The van der Waals surface area contributed by atoms with Crippen molar-refractivity contribution < 1.29 is 9.57 Å². The van der Waals surface area contributed by atoms with Gasteiger partial charge in [-0.1, -0.05) is 12.8 Å². The van der Waals surface area contributed by atoms with Gasteiger partial charge in [-0.15, -0.1) is 0 Å². The third-order valence-corrected chi connectivity index (χ3v) is 2.27. The second-order valence-corrected chi connectivity index (χ2v) is 2.99. The minimum absolute atomic E-state index is 0.337. The molecular weight excluding hydrogens is 142 g/mol. The lowest BCUT2D eigenvalue weighted by Gasteiger charge is -2.29. The lowest BCUT2D eigenvalue weighted by Crippen LogP contribution is -2.42. The molecule has 3 heteroatoms. The molecule has 1 rings (SSSR count). The van der Waals surface area contributed by atoms with Gasteiger partial charge in [0.05, 0.1) is 19.3 Å². The van der Waals surface area contributed by atoms with Crippen molar-refractivity contribution in [3.05, 3.63) is 0 Å². The van der Waals surface area contributed by atoms with Gasteiger partial charge < -0.3 is 9.57 Å². The highest BCUT2D eigenvalue weighted by Crippen LogP contribution is 2.20. The summed E-state index contributed by atoms with van der Waals surface area (Å²) in [5, 5.41) is 0. The van der Waals surface area contributed by atoms with Crippen LogP contribution in [0.15, 0.2) is 0 Å². The predicted octanol–water partition coefficient (Wildman–Crippen LogP) is 1.09. The molecule has 0 aliphatic heterocycles. The van der Waals surface area contributed by atoms with Crippen LogP contribution in [-0.2, 0) is 9.57 Å². The molecule has 3 nitrogen and oxygen atoms in total. The maximum absolute atomic E-state index is 5.31. The van der Waals surface area contributed by atoms with Crippen LogP contribution in [0.2, 0.25) is 0 Å². The fraction of sp³-hybridized carbons (Fsp3) is 1.00. The van der Waals surface area contributed by atoms with Gasteiger partial charge in [0, 0.05) is 7.11 Å². The van der Waals surface area contributed by atoms with E-state index in [1.165, 1.54) is 12.8 Å². The fourth-order valence-corrected chi connectivity index (χ4v) is 1.67. The molecule has 0 aromatic carbocycles. The van der Waals surface area contributed by atoms with Gasteiger partial charge in [-0.3, -0.25) is 0 Å². The van der Waals surface area contributed by atoms with Crippen LogP contribution in [0.3, 0.4) is 0 Å². The zero-order chi connectivity index (χ0) is 8.10. The standard InChI is InChI=1S/C8H17NO2/c1-10-8-6-4-3-5-7(8)9-11-2/h7-9H,3-6H2,1-2H3. The van der Waals surface area contributed by atoms with Crippen LogP contribution < -0.4 is 5.48 Å². The Balaban J connectivity index is 2.31. The Morgan fingerprint density at radius 2 is 1.91 bits per heavy atom. The summed E-state index contributed by atoms with van der Waals surface area (Å²) < 4.78 is 5.31. The molecule has 0 spiro atoms. The molecule has 0 radical (unpaired) electrons. The summed E-state index contributed by atoms with van der Waals surface area (Å²) in [7, 11) is 3.42. The van der Waals surface area contributed by atoms with E-state index in [1.807, 2.05) is 0 Å². The van der Waals surface area contributed by atoms with Gasteiger partial charge in [0.25, 0.3) is 0 Å². The first kappa shape index (κ1) is 8.97. The third kappa shape index (κ3) is 2.43. The van der Waals surface area contributed by atoms with E-state index in [9.17, 15) is 0 Å². The van der Waals surface area contributed by atoms with Crippen LogP contribution in [0.1, 0.15) is 25.7 Å². The number of nitrogens with one attached hydrogen (secondary N) is 1. The molecule has 0 heterocycles. The van der Waals surface area contributed by atoms with Crippen molar-refractivity contribution in [3.8, 4) is 0 Å². The van der Waals surface area contributed by atoms with Gasteiger partial charge in [-0.05, 0) is 12.8 Å². The molecule has 0 aromatic heterocycles. The SMILES string of the molecule is CONC1CCCCC1OC. The van der Waals surface area contributed by atoms with E-state index in [-0.39, 0.29) is 0 Å². The fourth-order valence-electron chi connectivity index (χ4n) is 1.67. The number of hydroxylamine groups is 1. The van der Waals surface area contributed by atoms with Gasteiger partial charge in [-0.2, -0.15) is 5.48 Å². The second kappa shape index (κ2) is 4.70. The van der Waals surface area contributed by atoms with Crippen molar-refractivity contribution in [1.82, 2.24) is 5.48 Å². The highest BCUT2D eigenvalue weighted by molar-refractivity contribution is 4.78. The number of ether oxygens (including phenoxy) is 1. The van der Waals surface area contributed by atoms with Gasteiger partial charge >= 0.3 is 0 Å². The lowest BCUT2D eigenvalue weighted by atomic mass is 9.93. The molecular formula is C8H17NO2. The van der Waals surface area contributed by atoms with Crippen molar-refractivity contribution in [2.24, 2.45) is 0 Å². The number of rotatable bonds is 3. The average Bonchev–Trinajstić information content (AvgIpc) is 2.06. The number of hydrogen-bond acceptors (Lipinski definition) is 3. The largest absolute Gasteiger partial charge is 0.380 e. The van der Waals surface area contributed by atoms with Gasteiger partial charge in [0.2, 0.25) is 0 Å². The van der Waals surface area contributed by atoms with Crippen molar-refractivity contribution in [2.45, 2.75) is 37.8 Å². The lowest BCUT2D eigenvalue weighted by molar-refractivity contribution is -0.0302. The van der Waals surface area contributed by atoms with Crippen LogP contribution in [0.5, 0.6) is 0 Å². The predicted molar refractivity (Wildman–Crippen MR) is 43.2 cm³/mol. The molecule has 0 amide bonds. The van der Waals surface area contributed by atoms with E-state index in [0.717, 1.165) is 12.8 Å². The molecule has 0 saturated heterocycles. The Morgan fingerprint density at radius 1 is 1.18 bits per heavy atom. The van der Waals surface area contributed by atoms with Gasteiger partial charge in [0.1, 0.15) is 0 Å². The van der Waals surface area contributed by atoms with E-state index in [4.69, 9.17) is 9.57 Å². The Kier molecular flexibility index (Phi) is 3.83. The first-order chi connectivity index (χ1) is 5.38. The monoisotopic (exact) mass is 159 g/mol. The van der Waals surface area contributed by atoms with Crippen LogP contribution >= 0.6 is 0 Å². The van der Waals surface area contributed by atoms with E-state index in [1.54, 1.807) is 14.2 Å². The Labute approximate surface area is 68.0 Å². The zero-order valence-corrected chi connectivity index (χ0v) is 7.30. The molecule has 0 bridgehead atoms. The molecule has 1 aliphatic carbocycles. The van der Waals surface area contributed by atoms with Gasteiger partial charge in [0.15, 0.2) is 0 Å². The highest BCUT2D eigenvalue weighted by Gasteiger charge is 2.24. The van der Waals surface area contributed by atoms with Crippen LogP contribution in [-0.4, -0.2) is 26.4 Å². The first-order valence-corrected chi connectivity index (χ1v) is 4.19. The van der Waals surface area contributed by atoms with Crippen LogP contribution in [0, 0.1) is 0 Å². The Bertz CT molecular complexity index is 106. The summed E-state index contributed by atoms with van der Waals surface area (Å²) in [5.41, 5.74) is 2.96. The van der Waals surface area contributed by atoms with E-state index in [0.29, 0.717) is 12.1 Å². The molecule has 1 fully saturated rings. The topological polar surface area (TPSA) is 30.5 Å². The van der Waals surface area contributed by atoms with Crippen LogP contribution in [0.25, 0.3) is 0 Å². The van der Waals surface area contributed by atoms with Crippen molar-refractivity contribution in [2.75, 3.05) is 14.2 Å². The molecule has 2 atom stereocenters. The molecule has 0 aromatic rings. The molecule has 1 N–H and O–H groups in total. The molecule has 66 valence electrons. The summed E-state index contributed by atoms with van der Waals surface area (Å²) >= 11 is 0. The van der Waals surface area contributed by atoms with E-state index in [2.05, 4.69) is 5.48 Å². The number of hydrogen-bond donors (Lipinski definition) is 1. The van der Waals surface area contributed by atoms with Crippen LogP contribution in [0.4, 0.5) is 0 Å². The molecule has 2 unspecified atom stereocenters. The van der Waals surface area contributed by atoms with E-state index >= 15 is 0 Å². The van der Waals surface area contributed by atoms with Gasteiger partial charge in [-0.25, -0.2) is 0 Å². The molecule has 1 aliphatic rings. The summed E-state index contributed by atoms with van der Waals surface area (Å²) in [4.78, 5) is 4.88. The normalized spacial score (nSPS) is 32.2. The van der Waals surface area contributed by atoms with Crippen molar-refractivity contribution in [3.63, 3.8) is 0 Å². The summed E-state index contributed by atoms with van der Waals surface area (Å²) in [6, 6.07) is 0.388. The molecule has 1 saturated carbocycles. The maximum Gasteiger partial charge on any atom is 0.0747 e. The smallest absolute Gasteiger partial charge is 0.0747 e. The Hall–Kier alpha value is -0.120. The summed E-state index contributed by atoms with van der Waals surface area (Å²) in [5.74, 6) is 0. The zero-order valence-electron chi connectivity index (χ0n) is 7.30. The maximum atomic E-state index is 5.31. The first-order valence-electron chi connectivity index (χ1n) is 4.19.